The zero-order valence-electron chi connectivity index (χ0n) is 10.8. The summed E-state index contributed by atoms with van der Waals surface area (Å²) in [6.07, 6.45) is 3.57. The smallest absolute Gasteiger partial charge is 0.0596 e. The lowest BCUT2D eigenvalue weighted by molar-refractivity contribution is 0.541. The number of hydrogen-bond donors (Lipinski definition) is 0. The first-order valence-corrected chi connectivity index (χ1v) is 7.11. The minimum Gasteiger partial charge on any atom is -0.270 e. The SMILES string of the molecule is CCn1nc(C)cc1CCC(Br)CC(C)C. The molecule has 1 rings (SSSR count). The number of nitrogens with zero attached hydrogens (tertiary/aromatic N) is 2. The van der Waals surface area contributed by atoms with E-state index in [9.17, 15) is 0 Å². The topological polar surface area (TPSA) is 17.8 Å². The van der Waals surface area contributed by atoms with E-state index in [2.05, 4.69) is 59.5 Å². The van der Waals surface area contributed by atoms with Crippen LogP contribution in [-0.4, -0.2) is 14.6 Å². The van der Waals surface area contributed by atoms with Crippen molar-refractivity contribution in [3.8, 4) is 0 Å². The standard InChI is InChI=1S/C13H23BrN2/c1-5-16-13(9-11(4)15-16)7-6-12(14)8-10(2)3/h9-10,12H,5-8H2,1-4H3. The lowest BCUT2D eigenvalue weighted by Gasteiger charge is -2.12. The van der Waals surface area contributed by atoms with Crippen LogP contribution in [0.5, 0.6) is 0 Å². The van der Waals surface area contributed by atoms with Crippen LogP contribution in [0.4, 0.5) is 0 Å². The second-order valence-electron chi connectivity index (χ2n) is 4.86. The van der Waals surface area contributed by atoms with Crippen LogP contribution in [0.2, 0.25) is 0 Å². The number of hydrogen-bond acceptors (Lipinski definition) is 1. The Morgan fingerprint density at radius 1 is 1.44 bits per heavy atom. The van der Waals surface area contributed by atoms with Crippen molar-refractivity contribution >= 4 is 15.9 Å². The third kappa shape index (κ3) is 4.28. The quantitative estimate of drug-likeness (QED) is 0.724. The highest BCUT2D eigenvalue weighted by atomic mass is 79.9. The van der Waals surface area contributed by atoms with Gasteiger partial charge in [-0.3, -0.25) is 4.68 Å². The maximum Gasteiger partial charge on any atom is 0.0596 e. The van der Waals surface area contributed by atoms with Crippen LogP contribution >= 0.6 is 15.9 Å². The van der Waals surface area contributed by atoms with Gasteiger partial charge in [-0.25, -0.2) is 0 Å². The molecule has 0 aliphatic heterocycles. The maximum absolute atomic E-state index is 4.47. The van der Waals surface area contributed by atoms with Gasteiger partial charge >= 0.3 is 0 Å². The summed E-state index contributed by atoms with van der Waals surface area (Å²) in [7, 11) is 0. The Labute approximate surface area is 108 Å². The molecule has 2 nitrogen and oxygen atoms in total. The van der Waals surface area contributed by atoms with Crippen molar-refractivity contribution in [2.24, 2.45) is 5.92 Å². The second kappa shape index (κ2) is 6.43. The van der Waals surface area contributed by atoms with Crippen molar-refractivity contribution in [2.45, 2.75) is 58.3 Å². The lowest BCUT2D eigenvalue weighted by Crippen LogP contribution is -2.08. The zero-order valence-corrected chi connectivity index (χ0v) is 12.4. The Morgan fingerprint density at radius 3 is 2.69 bits per heavy atom. The summed E-state index contributed by atoms with van der Waals surface area (Å²) in [6.45, 7) is 9.73. The monoisotopic (exact) mass is 286 g/mol. The summed E-state index contributed by atoms with van der Waals surface area (Å²) in [4.78, 5) is 0.632. The van der Waals surface area contributed by atoms with Gasteiger partial charge in [0.25, 0.3) is 0 Å². The largest absolute Gasteiger partial charge is 0.270 e. The minimum atomic E-state index is 0.632. The Bertz CT molecular complexity index is 318. The predicted octanol–water partition coefficient (Wildman–Crippen LogP) is 3.95. The molecular formula is C13H23BrN2. The van der Waals surface area contributed by atoms with Crippen molar-refractivity contribution in [2.75, 3.05) is 0 Å². The van der Waals surface area contributed by atoms with E-state index in [4.69, 9.17) is 0 Å². The van der Waals surface area contributed by atoms with Crippen molar-refractivity contribution in [1.29, 1.82) is 0 Å². The van der Waals surface area contributed by atoms with E-state index in [1.807, 2.05) is 0 Å². The Hall–Kier alpha value is -0.310. The summed E-state index contributed by atoms with van der Waals surface area (Å²) in [5.41, 5.74) is 2.50. The van der Waals surface area contributed by atoms with Gasteiger partial charge in [0.1, 0.15) is 0 Å². The molecule has 92 valence electrons. The lowest BCUT2D eigenvalue weighted by atomic mass is 10.0. The van der Waals surface area contributed by atoms with Crippen LogP contribution in [0.25, 0.3) is 0 Å². The molecule has 0 spiro atoms. The van der Waals surface area contributed by atoms with Crippen molar-refractivity contribution < 1.29 is 0 Å². The van der Waals surface area contributed by atoms with Gasteiger partial charge in [-0.2, -0.15) is 5.10 Å². The third-order valence-corrected chi connectivity index (χ3v) is 3.56. The van der Waals surface area contributed by atoms with Crippen LogP contribution in [0.15, 0.2) is 6.07 Å². The molecule has 1 unspecified atom stereocenters. The van der Waals surface area contributed by atoms with Gasteiger partial charge in [-0.1, -0.05) is 29.8 Å². The molecule has 0 aliphatic carbocycles. The molecule has 0 N–H and O–H groups in total. The van der Waals surface area contributed by atoms with Crippen molar-refractivity contribution in [3.63, 3.8) is 0 Å². The summed E-state index contributed by atoms with van der Waals surface area (Å²) < 4.78 is 2.12. The normalized spacial score (nSPS) is 13.4. The molecule has 0 bridgehead atoms. The van der Waals surface area contributed by atoms with Crippen LogP contribution in [-0.2, 0) is 13.0 Å². The first-order chi connectivity index (χ1) is 7.52. The molecule has 16 heavy (non-hydrogen) atoms. The molecule has 0 amide bonds. The highest BCUT2D eigenvalue weighted by Crippen LogP contribution is 2.19. The zero-order chi connectivity index (χ0) is 12.1. The minimum absolute atomic E-state index is 0.632. The van der Waals surface area contributed by atoms with Gasteiger partial charge in [0.05, 0.1) is 5.69 Å². The summed E-state index contributed by atoms with van der Waals surface area (Å²) in [5, 5.41) is 4.47. The van der Waals surface area contributed by atoms with Gasteiger partial charge in [0.15, 0.2) is 0 Å². The molecule has 3 heteroatoms. The molecule has 1 aromatic heterocycles. The van der Waals surface area contributed by atoms with Gasteiger partial charge in [0.2, 0.25) is 0 Å². The number of halogens is 1. The number of alkyl halides is 1. The van der Waals surface area contributed by atoms with E-state index in [1.165, 1.54) is 18.5 Å². The molecule has 0 aliphatic rings. The van der Waals surface area contributed by atoms with E-state index < -0.39 is 0 Å². The second-order valence-corrected chi connectivity index (χ2v) is 6.15. The van der Waals surface area contributed by atoms with E-state index in [0.29, 0.717) is 4.83 Å². The van der Waals surface area contributed by atoms with Crippen molar-refractivity contribution in [3.05, 3.63) is 17.5 Å². The molecular weight excluding hydrogens is 264 g/mol. The molecule has 0 fully saturated rings. The molecule has 0 aromatic carbocycles. The fourth-order valence-corrected chi connectivity index (χ4v) is 2.98. The average Bonchev–Trinajstić information content (AvgIpc) is 2.55. The van der Waals surface area contributed by atoms with Gasteiger partial charge in [-0.15, -0.1) is 0 Å². The van der Waals surface area contributed by atoms with E-state index in [0.717, 1.165) is 24.6 Å². The highest BCUT2D eigenvalue weighted by molar-refractivity contribution is 9.09. The molecule has 0 saturated heterocycles. The van der Waals surface area contributed by atoms with E-state index in [1.54, 1.807) is 0 Å². The average molecular weight is 287 g/mol. The molecule has 0 radical (unpaired) electrons. The maximum atomic E-state index is 4.47. The first kappa shape index (κ1) is 13.8. The van der Waals surface area contributed by atoms with E-state index in [-0.39, 0.29) is 0 Å². The van der Waals surface area contributed by atoms with Crippen LogP contribution in [0.1, 0.15) is 45.0 Å². The Morgan fingerprint density at radius 2 is 2.12 bits per heavy atom. The van der Waals surface area contributed by atoms with Crippen LogP contribution < -0.4 is 0 Å². The molecule has 1 heterocycles. The fraction of sp³-hybridized carbons (Fsp3) is 0.769. The summed E-state index contributed by atoms with van der Waals surface area (Å²) in [6, 6.07) is 2.21. The number of rotatable bonds is 6. The van der Waals surface area contributed by atoms with Gasteiger partial charge in [-0.05, 0) is 45.1 Å². The molecule has 1 aromatic rings. The van der Waals surface area contributed by atoms with Gasteiger partial charge < -0.3 is 0 Å². The van der Waals surface area contributed by atoms with Crippen LogP contribution in [0, 0.1) is 12.8 Å². The Kier molecular flexibility index (Phi) is 5.53. The first-order valence-electron chi connectivity index (χ1n) is 6.20. The fourth-order valence-electron chi connectivity index (χ4n) is 2.01. The molecule has 1 atom stereocenters. The Balaban J connectivity index is 2.47. The number of aryl methyl sites for hydroxylation is 3. The van der Waals surface area contributed by atoms with E-state index >= 15 is 0 Å². The third-order valence-electron chi connectivity index (χ3n) is 2.73. The van der Waals surface area contributed by atoms with Crippen LogP contribution in [0.3, 0.4) is 0 Å². The summed E-state index contributed by atoms with van der Waals surface area (Å²) >= 11 is 3.76. The van der Waals surface area contributed by atoms with Crippen molar-refractivity contribution in [1.82, 2.24) is 9.78 Å². The predicted molar refractivity (Wildman–Crippen MR) is 73.1 cm³/mol. The summed E-state index contributed by atoms with van der Waals surface area (Å²) in [5.74, 6) is 0.766. The highest BCUT2D eigenvalue weighted by Gasteiger charge is 2.09. The van der Waals surface area contributed by atoms with Gasteiger partial charge in [0, 0.05) is 17.1 Å². The number of aromatic nitrogens is 2. The molecule has 0 saturated carbocycles.